The topological polar surface area (TPSA) is 45.2 Å². The molecule has 4 nitrogen and oxygen atoms in total. The standard InChI is InChI=1S/C23H28FN3O/c1-23-12-6-14-27(21(23)9-4-5-13-26-23)22(28)18-10-11-19(25-16-18)15-17-7-2-3-8-20(17)24/h2-3,7-8,10-11,16,21,26H,4-6,9,12-15H2,1H3/t21-,23-/m0/s1. The number of amides is 1. The number of nitrogens with one attached hydrogen (secondary N) is 1. The zero-order valence-corrected chi connectivity index (χ0v) is 16.5. The molecule has 28 heavy (non-hydrogen) atoms. The molecule has 2 aromatic rings. The molecule has 1 amide bonds. The molecule has 0 unspecified atom stereocenters. The molecule has 4 rings (SSSR count). The van der Waals surface area contributed by atoms with E-state index in [1.807, 2.05) is 18.2 Å². The van der Waals surface area contributed by atoms with Crippen LogP contribution in [0.15, 0.2) is 42.6 Å². The fraction of sp³-hybridized carbons (Fsp3) is 0.478. The first-order valence-electron chi connectivity index (χ1n) is 10.3. The summed E-state index contributed by atoms with van der Waals surface area (Å²) in [5, 5.41) is 3.69. The van der Waals surface area contributed by atoms with Crippen molar-refractivity contribution in [3.05, 3.63) is 65.2 Å². The fourth-order valence-electron chi connectivity index (χ4n) is 4.70. The van der Waals surface area contributed by atoms with Crippen LogP contribution in [-0.2, 0) is 6.42 Å². The highest BCUT2D eigenvalue weighted by Gasteiger charge is 2.43. The van der Waals surface area contributed by atoms with Gasteiger partial charge in [0.1, 0.15) is 5.82 Å². The maximum absolute atomic E-state index is 13.9. The number of halogens is 1. The molecule has 2 aliphatic rings. The van der Waals surface area contributed by atoms with E-state index in [0.29, 0.717) is 17.5 Å². The Labute approximate surface area is 166 Å². The van der Waals surface area contributed by atoms with E-state index in [1.54, 1.807) is 18.3 Å². The minimum absolute atomic E-state index is 0.00259. The number of aromatic nitrogens is 1. The third-order valence-electron chi connectivity index (χ3n) is 6.30. The van der Waals surface area contributed by atoms with Crippen molar-refractivity contribution in [1.82, 2.24) is 15.2 Å². The van der Waals surface area contributed by atoms with Crippen LogP contribution in [-0.4, -0.2) is 40.5 Å². The molecular formula is C23H28FN3O. The van der Waals surface area contributed by atoms with Crippen molar-refractivity contribution in [3.63, 3.8) is 0 Å². The van der Waals surface area contributed by atoms with Crippen LogP contribution in [0.1, 0.15) is 60.6 Å². The quantitative estimate of drug-likeness (QED) is 0.876. The summed E-state index contributed by atoms with van der Waals surface area (Å²) in [6.07, 6.45) is 7.57. The molecule has 0 radical (unpaired) electrons. The number of nitrogens with zero attached hydrogens (tertiary/aromatic N) is 2. The lowest BCUT2D eigenvalue weighted by atomic mass is 9.81. The first kappa shape index (κ1) is 19.1. The second-order valence-electron chi connectivity index (χ2n) is 8.26. The molecule has 2 fully saturated rings. The van der Waals surface area contributed by atoms with E-state index in [-0.39, 0.29) is 23.3 Å². The Kier molecular flexibility index (Phi) is 5.44. The van der Waals surface area contributed by atoms with Crippen molar-refractivity contribution < 1.29 is 9.18 Å². The van der Waals surface area contributed by atoms with Crippen LogP contribution < -0.4 is 5.32 Å². The number of hydrogen-bond acceptors (Lipinski definition) is 3. The van der Waals surface area contributed by atoms with Crippen LogP contribution in [0.5, 0.6) is 0 Å². The maximum Gasteiger partial charge on any atom is 0.255 e. The lowest BCUT2D eigenvalue weighted by molar-refractivity contribution is 0.0379. The minimum Gasteiger partial charge on any atom is -0.334 e. The third-order valence-corrected chi connectivity index (χ3v) is 6.30. The number of piperidine rings is 1. The van der Waals surface area contributed by atoms with Crippen LogP contribution in [0.2, 0.25) is 0 Å². The number of rotatable bonds is 3. The van der Waals surface area contributed by atoms with Crippen LogP contribution in [0.3, 0.4) is 0 Å². The van der Waals surface area contributed by atoms with Crippen molar-refractivity contribution in [3.8, 4) is 0 Å². The summed E-state index contributed by atoms with van der Waals surface area (Å²) in [5.41, 5.74) is 2.00. The molecule has 2 aliphatic heterocycles. The predicted molar refractivity (Wildman–Crippen MR) is 108 cm³/mol. The average molecular weight is 381 g/mol. The van der Waals surface area contributed by atoms with Crippen LogP contribution in [0.4, 0.5) is 4.39 Å². The van der Waals surface area contributed by atoms with Gasteiger partial charge in [-0.05, 0) is 62.9 Å². The van der Waals surface area contributed by atoms with Gasteiger partial charge in [-0.3, -0.25) is 9.78 Å². The van der Waals surface area contributed by atoms with Crippen molar-refractivity contribution in [1.29, 1.82) is 0 Å². The zero-order valence-electron chi connectivity index (χ0n) is 16.5. The maximum atomic E-state index is 13.9. The van der Waals surface area contributed by atoms with Gasteiger partial charge in [0.15, 0.2) is 0 Å². The van der Waals surface area contributed by atoms with Crippen molar-refractivity contribution >= 4 is 5.91 Å². The van der Waals surface area contributed by atoms with Gasteiger partial charge < -0.3 is 10.2 Å². The number of likely N-dealkylation sites (tertiary alicyclic amines) is 1. The van der Waals surface area contributed by atoms with Crippen molar-refractivity contribution in [2.24, 2.45) is 0 Å². The first-order valence-corrected chi connectivity index (χ1v) is 10.3. The summed E-state index contributed by atoms with van der Waals surface area (Å²) >= 11 is 0. The predicted octanol–water partition coefficient (Wildman–Crippen LogP) is 3.95. The summed E-state index contributed by atoms with van der Waals surface area (Å²) in [7, 11) is 0. The number of carbonyl (C=O) groups is 1. The molecule has 5 heteroatoms. The number of benzene rings is 1. The highest BCUT2D eigenvalue weighted by molar-refractivity contribution is 5.94. The van der Waals surface area contributed by atoms with Gasteiger partial charge in [-0.1, -0.05) is 24.6 Å². The Morgan fingerprint density at radius 3 is 2.89 bits per heavy atom. The highest BCUT2D eigenvalue weighted by Crippen LogP contribution is 2.33. The largest absolute Gasteiger partial charge is 0.334 e. The molecule has 2 atom stereocenters. The van der Waals surface area contributed by atoms with E-state index in [1.165, 1.54) is 12.5 Å². The van der Waals surface area contributed by atoms with Gasteiger partial charge >= 0.3 is 0 Å². The normalized spacial score (nSPS) is 25.1. The molecule has 0 saturated carbocycles. The lowest BCUT2D eigenvalue weighted by Gasteiger charge is -2.48. The molecule has 0 spiro atoms. The second-order valence-corrected chi connectivity index (χ2v) is 8.26. The van der Waals surface area contributed by atoms with Gasteiger partial charge in [0.25, 0.3) is 5.91 Å². The summed E-state index contributed by atoms with van der Waals surface area (Å²) in [6, 6.07) is 10.6. The second kappa shape index (κ2) is 8.00. The highest BCUT2D eigenvalue weighted by atomic mass is 19.1. The van der Waals surface area contributed by atoms with E-state index in [9.17, 15) is 9.18 Å². The van der Waals surface area contributed by atoms with Crippen LogP contribution >= 0.6 is 0 Å². The van der Waals surface area contributed by atoms with E-state index in [0.717, 1.165) is 44.5 Å². The summed E-state index contributed by atoms with van der Waals surface area (Å²) < 4.78 is 13.9. The SMILES string of the molecule is C[C@]12CCCN(C(=O)c3ccc(Cc4ccccc4F)nc3)[C@H]1CCCCN2. The molecular weight excluding hydrogens is 353 g/mol. The molecule has 148 valence electrons. The number of pyridine rings is 1. The van der Waals surface area contributed by atoms with Gasteiger partial charge in [-0.15, -0.1) is 0 Å². The lowest BCUT2D eigenvalue weighted by Crippen LogP contribution is -2.62. The Morgan fingerprint density at radius 1 is 1.25 bits per heavy atom. The van der Waals surface area contributed by atoms with E-state index >= 15 is 0 Å². The van der Waals surface area contributed by atoms with Gasteiger partial charge in [0, 0.05) is 36.4 Å². The van der Waals surface area contributed by atoms with Crippen LogP contribution in [0, 0.1) is 5.82 Å². The smallest absolute Gasteiger partial charge is 0.255 e. The molecule has 1 N–H and O–H groups in total. The Morgan fingerprint density at radius 2 is 2.11 bits per heavy atom. The molecule has 3 heterocycles. The summed E-state index contributed by atoms with van der Waals surface area (Å²) in [5.74, 6) is -0.164. The van der Waals surface area contributed by atoms with Gasteiger partial charge in [0.05, 0.1) is 5.56 Å². The van der Waals surface area contributed by atoms with Gasteiger partial charge in [-0.2, -0.15) is 0 Å². The van der Waals surface area contributed by atoms with E-state index in [2.05, 4.69) is 22.1 Å². The summed E-state index contributed by atoms with van der Waals surface area (Å²) in [6.45, 7) is 4.09. The average Bonchev–Trinajstić information content (AvgIpc) is 2.91. The van der Waals surface area contributed by atoms with E-state index in [4.69, 9.17) is 0 Å². The van der Waals surface area contributed by atoms with Gasteiger partial charge in [-0.25, -0.2) is 4.39 Å². The molecule has 2 saturated heterocycles. The first-order chi connectivity index (χ1) is 13.6. The molecule has 0 aliphatic carbocycles. The summed E-state index contributed by atoms with van der Waals surface area (Å²) in [4.78, 5) is 19.7. The number of carbonyl (C=O) groups excluding carboxylic acids is 1. The zero-order chi connectivity index (χ0) is 19.6. The third kappa shape index (κ3) is 3.81. The molecule has 1 aromatic carbocycles. The van der Waals surface area contributed by atoms with Crippen molar-refractivity contribution in [2.45, 2.75) is 57.0 Å². The molecule has 0 bridgehead atoms. The number of hydrogen-bond donors (Lipinski definition) is 1. The number of fused-ring (bicyclic) bond motifs is 1. The Hall–Kier alpha value is -2.27. The monoisotopic (exact) mass is 381 g/mol. The Bertz CT molecular complexity index is 838. The van der Waals surface area contributed by atoms with E-state index < -0.39 is 0 Å². The minimum atomic E-state index is -0.224. The Balaban J connectivity index is 1.50. The van der Waals surface area contributed by atoms with Crippen LogP contribution in [0.25, 0.3) is 0 Å². The van der Waals surface area contributed by atoms with Gasteiger partial charge in [0.2, 0.25) is 0 Å². The fourth-order valence-corrected chi connectivity index (χ4v) is 4.70. The van der Waals surface area contributed by atoms with Crippen molar-refractivity contribution in [2.75, 3.05) is 13.1 Å². The molecule has 1 aromatic heterocycles.